The lowest BCUT2D eigenvalue weighted by Gasteiger charge is -2.20. The molecule has 0 bridgehead atoms. The Morgan fingerprint density at radius 2 is 1.75 bits per heavy atom. The Kier molecular flexibility index (Phi) is 6.16. The largest absolute Gasteiger partial charge is 0.390 e. The third-order valence-corrected chi connectivity index (χ3v) is 4.65. The Hall–Kier alpha value is -3.06. The van der Waals surface area contributed by atoms with Crippen molar-refractivity contribution in [3.63, 3.8) is 0 Å². The molecule has 1 amide bonds. The van der Waals surface area contributed by atoms with Crippen molar-refractivity contribution < 1.29 is 13.8 Å². The smallest absolute Gasteiger partial charge is 0.371 e. The minimum Gasteiger partial charge on any atom is -0.390 e. The molecular weight excluding hydrogens is 374 g/mol. The molecule has 1 aliphatic rings. The minimum atomic E-state index is -0.777. The Morgan fingerprint density at radius 1 is 1.11 bits per heavy atom. The molecule has 0 unspecified atom stereocenters. The molecule has 2 aromatic carbocycles. The van der Waals surface area contributed by atoms with Crippen molar-refractivity contribution in [1.29, 1.82) is 0 Å². The molecule has 0 N–H and O–H groups in total. The van der Waals surface area contributed by atoms with Crippen LogP contribution < -0.4 is 9.91 Å². The van der Waals surface area contributed by atoms with Gasteiger partial charge in [-0.15, -0.1) is 0 Å². The molecule has 0 spiro atoms. The first-order valence-electron chi connectivity index (χ1n) is 9.00. The number of benzene rings is 2. The molecule has 28 heavy (non-hydrogen) atoms. The van der Waals surface area contributed by atoms with Gasteiger partial charge in [0.1, 0.15) is 0 Å². The lowest BCUT2D eigenvalue weighted by atomic mass is 10.1. The summed E-state index contributed by atoms with van der Waals surface area (Å²) in [6, 6.07) is 16.7. The molecule has 0 aliphatic carbocycles. The zero-order valence-corrected chi connectivity index (χ0v) is 16.6. The van der Waals surface area contributed by atoms with Crippen LogP contribution in [0.3, 0.4) is 0 Å². The van der Waals surface area contributed by atoms with E-state index in [4.69, 9.17) is 0 Å². The highest BCUT2D eigenvalue weighted by atomic mass is 32.1. The van der Waals surface area contributed by atoms with Gasteiger partial charge in [0.05, 0.1) is 11.3 Å². The van der Waals surface area contributed by atoms with Gasteiger partial charge in [0.2, 0.25) is 0 Å². The third-order valence-electron chi connectivity index (χ3n) is 4.49. The van der Waals surface area contributed by atoms with E-state index in [0.29, 0.717) is 5.69 Å². The second kappa shape index (κ2) is 8.75. The minimum absolute atomic E-state index is 0.0725. The van der Waals surface area contributed by atoms with Gasteiger partial charge in [0.15, 0.2) is 5.71 Å². The van der Waals surface area contributed by atoms with Crippen molar-refractivity contribution in [2.24, 2.45) is 5.10 Å². The Morgan fingerprint density at radius 3 is 2.32 bits per heavy atom. The molecule has 6 nitrogen and oxygen atoms in total. The van der Waals surface area contributed by atoms with Gasteiger partial charge in [0.25, 0.3) is 5.91 Å². The number of carbonyl (C=O) groups excluding carboxylic acids is 2. The number of thiol groups is 1. The zero-order valence-electron chi connectivity index (χ0n) is 15.7. The van der Waals surface area contributed by atoms with Crippen LogP contribution in [0, 0.1) is 0 Å². The number of hydrogen-bond donors (Lipinski definition) is 1. The zero-order chi connectivity index (χ0) is 20.1. The van der Waals surface area contributed by atoms with Gasteiger partial charge >= 0.3 is 5.97 Å². The number of hydrogen-bond acceptors (Lipinski definition) is 6. The first-order chi connectivity index (χ1) is 13.6. The Labute approximate surface area is 169 Å². The van der Waals surface area contributed by atoms with E-state index < -0.39 is 11.9 Å². The predicted molar refractivity (Wildman–Crippen MR) is 114 cm³/mol. The second-order valence-electron chi connectivity index (χ2n) is 6.10. The Balaban J connectivity index is 1.96. The summed E-state index contributed by atoms with van der Waals surface area (Å²) in [4.78, 5) is 27.2. The number of hydrazone groups is 1. The number of carbonyl (C=O) groups is 2. The summed E-state index contributed by atoms with van der Waals surface area (Å²) >= 11 is 3.57. The fourth-order valence-electron chi connectivity index (χ4n) is 3.02. The molecule has 0 fully saturated rings. The van der Waals surface area contributed by atoms with Gasteiger partial charge in [-0.2, -0.15) is 10.1 Å². The molecule has 1 heterocycles. The number of anilines is 2. The van der Waals surface area contributed by atoms with Crippen molar-refractivity contribution in [2.45, 2.75) is 13.8 Å². The first kappa shape index (κ1) is 19.7. The average molecular weight is 395 g/mol. The molecule has 0 aromatic heterocycles. The Bertz CT molecular complexity index is 920. The van der Waals surface area contributed by atoms with Crippen molar-refractivity contribution >= 4 is 47.9 Å². The fraction of sp³-hybridized carbons (Fsp3) is 0.190. The predicted octanol–water partition coefficient (Wildman–Crippen LogP) is 3.71. The molecule has 3 rings (SSSR count). The molecule has 1 aliphatic heterocycles. The highest BCUT2D eigenvalue weighted by molar-refractivity contribution is 7.75. The van der Waals surface area contributed by atoms with Gasteiger partial charge in [-0.05, 0) is 49.8 Å². The molecule has 144 valence electrons. The third kappa shape index (κ3) is 3.94. The number of para-hydroxylation sites is 1. The van der Waals surface area contributed by atoms with Gasteiger partial charge < -0.3 is 9.08 Å². The average Bonchev–Trinajstić information content (AvgIpc) is 3.06. The van der Waals surface area contributed by atoms with E-state index >= 15 is 0 Å². The standard InChI is InChI=1S/C21H21N3O3S/c1-3-23(4-2)16-12-10-15(11-13-16)14-18-19(21(26)27-28)22-24(20(18)25)17-8-6-5-7-9-17/h5-14,28H,3-4H2,1-2H3/b18-14-. The maximum absolute atomic E-state index is 12.9. The van der Waals surface area contributed by atoms with Crippen LogP contribution in [0.5, 0.6) is 0 Å². The van der Waals surface area contributed by atoms with Crippen molar-refractivity contribution in [2.75, 3.05) is 23.0 Å². The van der Waals surface area contributed by atoms with Gasteiger partial charge in [-0.1, -0.05) is 30.3 Å². The molecular formula is C21H21N3O3S. The lowest BCUT2D eigenvalue weighted by Crippen LogP contribution is -2.22. The number of nitrogens with zero attached hydrogens (tertiary/aromatic N) is 3. The van der Waals surface area contributed by atoms with E-state index in [9.17, 15) is 9.59 Å². The van der Waals surface area contributed by atoms with E-state index in [0.717, 1.165) is 24.3 Å². The molecule has 0 saturated carbocycles. The van der Waals surface area contributed by atoms with Crippen molar-refractivity contribution in [1.82, 2.24) is 0 Å². The summed E-state index contributed by atoms with van der Waals surface area (Å²) in [6.45, 7) is 6.01. The van der Waals surface area contributed by atoms with E-state index in [1.807, 2.05) is 30.3 Å². The van der Waals surface area contributed by atoms with Crippen LogP contribution in [0.2, 0.25) is 0 Å². The van der Waals surface area contributed by atoms with Gasteiger partial charge in [-0.3, -0.25) is 4.79 Å². The van der Waals surface area contributed by atoms with Crippen LogP contribution in [-0.4, -0.2) is 30.7 Å². The summed E-state index contributed by atoms with van der Waals surface area (Å²) in [6.07, 6.45) is 1.64. The molecule has 0 radical (unpaired) electrons. The SMILES string of the molecule is CCN(CC)c1ccc(/C=C2\C(=O)N(c3ccccc3)N=C2C(=O)OS)cc1. The van der Waals surface area contributed by atoms with Crippen LogP contribution in [-0.2, 0) is 13.8 Å². The molecule has 0 saturated heterocycles. The van der Waals surface area contributed by atoms with E-state index in [-0.39, 0.29) is 11.3 Å². The highest BCUT2D eigenvalue weighted by Gasteiger charge is 2.35. The normalized spacial score (nSPS) is 15.0. The monoisotopic (exact) mass is 395 g/mol. The van der Waals surface area contributed by atoms with Gasteiger partial charge in [0, 0.05) is 31.7 Å². The quantitative estimate of drug-likeness (QED) is 0.460. The van der Waals surface area contributed by atoms with E-state index in [1.165, 1.54) is 5.01 Å². The summed E-state index contributed by atoms with van der Waals surface area (Å²) in [5.41, 5.74) is 2.54. The molecule has 2 aromatic rings. The van der Waals surface area contributed by atoms with Gasteiger partial charge in [-0.25, -0.2) is 4.79 Å². The van der Waals surface area contributed by atoms with E-state index in [2.05, 4.69) is 40.9 Å². The maximum Gasteiger partial charge on any atom is 0.371 e. The number of rotatable bonds is 6. The number of amides is 1. The summed E-state index contributed by atoms with van der Waals surface area (Å²) in [7, 11) is 0. The maximum atomic E-state index is 12.9. The van der Waals surface area contributed by atoms with Crippen LogP contribution in [0.25, 0.3) is 6.08 Å². The first-order valence-corrected chi connectivity index (χ1v) is 9.36. The van der Waals surface area contributed by atoms with E-state index in [1.54, 1.807) is 30.3 Å². The summed E-state index contributed by atoms with van der Waals surface area (Å²) < 4.78 is 4.51. The molecule has 7 heteroatoms. The topological polar surface area (TPSA) is 62.2 Å². The summed E-state index contributed by atoms with van der Waals surface area (Å²) in [5.74, 6) is -1.17. The van der Waals surface area contributed by atoms with Crippen LogP contribution in [0.1, 0.15) is 19.4 Å². The van der Waals surface area contributed by atoms with Crippen LogP contribution in [0.15, 0.2) is 65.3 Å². The summed E-state index contributed by atoms with van der Waals surface area (Å²) in [5, 5.41) is 5.35. The fourth-order valence-corrected chi connectivity index (χ4v) is 3.11. The van der Waals surface area contributed by atoms with Crippen molar-refractivity contribution in [3.8, 4) is 0 Å². The van der Waals surface area contributed by atoms with Crippen LogP contribution >= 0.6 is 12.9 Å². The second-order valence-corrected chi connectivity index (χ2v) is 6.28. The molecule has 0 atom stereocenters. The van der Waals surface area contributed by atoms with Crippen LogP contribution in [0.4, 0.5) is 11.4 Å². The van der Waals surface area contributed by atoms with Crippen molar-refractivity contribution in [3.05, 3.63) is 65.7 Å². The lowest BCUT2D eigenvalue weighted by molar-refractivity contribution is -0.125. The highest BCUT2D eigenvalue weighted by Crippen LogP contribution is 2.26.